The first kappa shape index (κ1) is 15.5. The number of hydrogen-bond donors (Lipinski definition) is 2. The summed E-state index contributed by atoms with van der Waals surface area (Å²) in [7, 11) is 0. The molecule has 4 rings (SSSR count). The summed E-state index contributed by atoms with van der Waals surface area (Å²) < 4.78 is 2.54. The maximum absolute atomic E-state index is 6.32. The number of halogens is 1. The van der Waals surface area contributed by atoms with Crippen LogP contribution in [-0.4, -0.2) is 32.7 Å². The molecule has 4 heterocycles. The number of nitrogens with zero attached hydrogens (tertiary/aromatic N) is 4. The molecule has 6 nitrogen and oxygen atoms in total. The summed E-state index contributed by atoms with van der Waals surface area (Å²) in [4.78, 5) is 9.30. The molecule has 0 aromatic carbocycles. The Morgan fingerprint density at radius 3 is 2.92 bits per heavy atom. The number of pyridine rings is 1. The number of fused-ring (bicyclic) bond motifs is 1. The smallest absolute Gasteiger partial charge is 0.165 e. The van der Waals surface area contributed by atoms with Crippen molar-refractivity contribution in [2.24, 2.45) is 0 Å². The van der Waals surface area contributed by atoms with Crippen molar-refractivity contribution in [2.45, 2.75) is 25.7 Å². The van der Waals surface area contributed by atoms with Crippen LogP contribution in [0.1, 0.15) is 30.1 Å². The van der Waals surface area contributed by atoms with Crippen LogP contribution < -0.4 is 11.1 Å². The number of nitrogens with two attached hydrogens (primary N) is 1. The van der Waals surface area contributed by atoms with E-state index in [2.05, 4.69) is 31.3 Å². The van der Waals surface area contributed by atoms with Crippen molar-refractivity contribution >= 4 is 27.4 Å². The van der Waals surface area contributed by atoms with Crippen molar-refractivity contribution in [2.75, 3.05) is 18.8 Å². The van der Waals surface area contributed by atoms with Gasteiger partial charge in [0.1, 0.15) is 5.82 Å². The number of piperidine rings is 1. The van der Waals surface area contributed by atoms with Crippen molar-refractivity contribution in [3.8, 4) is 11.1 Å². The Bertz CT molecular complexity index is 880. The lowest BCUT2D eigenvalue weighted by Gasteiger charge is -2.23. The molecule has 0 saturated carbocycles. The third-order valence-corrected chi connectivity index (χ3v) is 5.37. The Balaban J connectivity index is 1.88. The van der Waals surface area contributed by atoms with Gasteiger partial charge < -0.3 is 11.1 Å². The van der Waals surface area contributed by atoms with Gasteiger partial charge in [-0.3, -0.25) is 4.98 Å². The zero-order valence-electron chi connectivity index (χ0n) is 13.5. The van der Waals surface area contributed by atoms with Crippen LogP contribution >= 0.6 is 15.9 Å². The lowest BCUT2D eigenvalue weighted by molar-refractivity contribution is 0.453. The monoisotopic (exact) mass is 386 g/mol. The van der Waals surface area contributed by atoms with E-state index in [1.54, 1.807) is 10.7 Å². The number of aromatic nitrogens is 4. The molecule has 1 aliphatic rings. The largest absolute Gasteiger partial charge is 0.383 e. The van der Waals surface area contributed by atoms with Crippen molar-refractivity contribution in [3.05, 3.63) is 40.4 Å². The average Bonchev–Trinajstić information content (AvgIpc) is 3.03. The summed E-state index contributed by atoms with van der Waals surface area (Å²) in [5.41, 5.74) is 11.0. The SMILES string of the molecule is Cc1ccc(-c2cnn3c(N)c(Br)c(C4CCCNC4)nc23)cn1. The van der Waals surface area contributed by atoms with Gasteiger partial charge in [-0.25, -0.2) is 4.98 Å². The van der Waals surface area contributed by atoms with E-state index in [0.29, 0.717) is 11.7 Å². The van der Waals surface area contributed by atoms with Gasteiger partial charge in [0, 0.05) is 35.5 Å². The van der Waals surface area contributed by atoms with E-state index in [9.17, 15) is 0 Å². The zero-order chi connectivity index (χ0) is 16.7. The van der Waals surface area contributed by atoms with Gasteiger partial charge in [0.05, 0.1) is 16.4 Å². The van der Waals surface area contributed by atoms with E-state index >= 15 is 0 Å². The Morgan fingerprint density at radius 1 is 1.33 bits per heavy atom. The standard InChI is InChI=1S/C17H19BrN6/c1-10-4-5-11(8-21-10)13-9-22-24-16(19)14(18)15(23-17(13)24)12-3-2-6-20-7-12/h4-5,8-9,12,20H,2-3,6-7,19H2,1H3. The quantitative estimate of drug-likeness (QED) is 0.707. The van der Waals surface area contributed by atoms with Crippen LogP contribution in [0.5, 0.6) is 0 Å². The third kappa shape index (κ3) is 2.57. The molecule has 0 spiro atoms. The summed E-state index contributed by atoms with van der Waals surface area (Å²) in [6.07, 6.45) is 5.93. The number of hydrogen-bond acceptors (Lipinski definition) is 5. The van der Waals surface area contributed by atoms with Gasteiger partial charge in [0.25, 0.3) is 0 Å². The molecule has 1 aliphatic heterocycles. The Morgan fingerprint density at radius 2 is 2.21 bits per heavy atom. The maximum atomic E-state index is 6.32. The first-order valence-corrected chi connectivity index (χ1v) is 8.91. The van der Waals surface area contributed by atoms with E-state index in [-0.39, 0.29) is 0 Å². The molecule has 0 amide bonds. The molecule has 3 aromatic rings. The Kier molecular flexibility index (Phi) is 3.97. The van der Waals surface area contributed by atoms with Crippen LogP contribution in [0.15, 0.2) is 29.0 Å². The topological polar surface area (TPSA) is 81.1 Å². The molecular weight excluding hydrogens is 368 g/mol. The van der Waals surface area contributed by atoms with Crippen LogP contribution in [0.2, 0.25) is 0 Å². The molecule has 3 aromatic heterocycles. The van der Waals surface area contributed by atoms with E-state index in [1.165, 1.54) is 0 Å². The molecule has 0 bridgehead atoms. The average molecular weight is 387 g/mol. The van der Waals surface area contributed by atoms with E-state index < -0.39 is 0 Å². The van der Waals surface area contributed by atoms with E-state index in [1.807, 2.05) is 25.3 Å². The minimum atomic E-state index is 0.360. The highest BCUT2D eigenvalue weighted by Gasteiger charge is 2.23. The van der Waals surface area contributed by atoms with Gasteiger partial charge in [0.2, 0.25) is 0 Å². The lowest BCUT2D eigenvalue weighted by Crippen LogP contribution is -2.29. The minimum Gasteiger partial charge on any atom is -0.383 e. The Hall–Kier alpha value is -1.99. The normalized spacial score (nSPS) is 18.2. The fraction of sp³-hybridized carbons (Fsp3) is 0.353. The van der Waals surface area contributed by atoms with Crippen LogP contribution in [0.4, 0.5) is 5.82 Å². The van der Waals surface area contributed by atoms with Gasteiger partial charge in [-0.15, -0.1) is 0 Å². The molecular formula is C17H19BrN6. The van der Waals surface area contributed by atoms with Crippen molar-refractivity contribution in [3.63, 3.8) is 0 Å². The number of nitrogens with one attached hydrogen (secondary N) is 1. The fourth-order valence-corrected chi connectivity index (χ4v) is 3.78. The summed E-state index contributed by atoms with van der Waals surface area (Å²) in [6, 6.07) is 4.04. The minimum absolute atomic E-state index is 0.360. The number of aryl methyl sites for hydroxylation is 1. The van der Waals surface area contributed by atoms with Gasteiger partial charge in [0.15, 0.2) is 5.65 Å². The Labute approximate surface area is 148 Å². The van der Waals surface area contributed by atoms with Crippen molar-refractivity contribution < 1.29 is 0 Å². The summed E-state index contributed by atoms with van der Waals surface area (Å²) in [5, 5.41) is 7.86. The molecule has 0 radical (unpaired) electrons. The van der Waals surface area contributed by atoms with Crippen LogP contribution in [0.3, 0.4) is 0 Å². The van der Waals surface area contributed by atoms with Crippen molar-refractivity contribution in [1.82, 2.24) is 24.9 Å². The molecule has 1 saturated heterocycles. The lowest BCUT2D eigenvalue weighted by atomic mass is 9.96. The maximum Gasteiger partial charge on any atom is 0.165 e. The summed E-state index contributed by atoms with van der Waals surface area (Å²) >= 11 is 3.62. The molecule has 7 heteroatoms. The molecule has 124 valence electrons. The number of rotatable bonds is 2. The summed E-state index contributed by atoms with van der Waals surface area (Å²) in [5.74, 6) is 0.950. The molecule has 3 N–H and O–H groups in total. The predicted molar refractivity (Wildman–Crippen MR) is 97.9 cm³/mol. The van der Waals surface area contributed by atoms with Gasteiger partial charge in [-0.2, -0.15) is 9.61 Å². The summed E-state index contributed by atoms with van der Waals surface area (Å²) in [6.45, 7) is 3.97. The van der Waals surface area contributed by atoms with Gasteiger partial charge in [-0.05, 0) is 48.3 Å². The second kappa shape index (κ2) is 6.14. The molecule has 1 fully saturated rings. The second-order valence-corrected chi connectivity index (χ2v) is 7.01. The van der Waals surface area contributed by atoms with Gasteiger partial charge in [-0.1, -0.05) is 6.07 Å². The number of nitrogen functional groups attached to an aromatic ring is 1. The highest BCUT2D eigenvalue weighted by atomic mass is 79.9. The highest BCUT2D eigenvalue weighted by molar-refractivity contribution is 9.10. The van der Waals surface area contributed by atoms with Crippen LogP contribution in [0, 0.1) is 6.92 Å². The van der Waals surface area contributed by atoms with Gasteiger partial charge >= 0.3 is 0 Å². The molecule has 0 aliphatic carbocycles. The first-order valence-electron chi connectivity index (χ1n) is 8.11. The zero-order valence-corrected chi connectivity index (χ0v) is 15.0. The number of anilines is 1. The fourth-order valence-electron chi connectivity index (χ4n) is 3.20. The van der Waals surface area contributed by atoms with Crippen molar-refractivity contribution in [1.29, 1.82) is 0 Å². The highest BCUT2D eigenvalue weighted by Crippen LogP contribution is 2.34. The van der Waals surface area contributed by atoms with E-state index in [0.717, 1.165) is 58.6 Å². The molecule has 24 heavy (non-hydrogen) atoms. The predicted octanol–water partition coefficient (Wildman–Crippen LogP) is 2.91. The van der Waals surface area contributed by atoms with E-state index in [4.69, 9.17) is 10.7 Å². The third-order valence-electron chi connectivity index (χ3n) is 4.55. The molecule has 1 atom stereocenters. The second-order valence-electron chi connectivity index (χ2n) is 6.22. The molecule has 1 unspecified atom stereocenters. The van der Waals surface area contributed by atoms with Crippen LogP contribution in [0.25, 0.3) is 16.8 Å². The van der Waals surface area contributed by atoms with Crippen LogP contribution in [-0.2, 0) is 0 Å². The first-order chi connectivity index (χ1) is 11.6.